The molecule has 0 bridgehead atoms. The van der Waals surface area contributed by atoms with Crippen LogP contribution in [0.3, 0.4) is 0 Å². The molecule has 0 radical (unpaired) electrons. The Morgan fingerprint density at radius 3 is 1.64 bits per heavy atom. The van der Waals surface area contributed by atoms with Crippen molar-refractivity contribution < 1.29 is 18.9 Å². The van der Waals surface area contributed by atoms with Gasteiger partial charge in [0.15, 0.2) is 5.82 Å². The molecule has 1 aromatic heterocycles. The van der Waals surface area contributed by atoms with E-state index >= 15 is 0 Å². The van der Waals surface area contributed by atoms with Gasteiger partial charge in [-0.2, -0.15) is 0 Å². The molecule has 0 aliphatic carbocycles. The molecular weight excluding hydrogens is 452 g/mol. The first kappa shape index (κ1) is 24.3. The Balaban J connectivity index is 1.35. The predicted octanol–water partition coefficient (Wildman–Crippen LogP) is 5.30. The maximum Gasteiger partial charge on any atom is 0.159 e. The number of aromatic nitrogens is 2. The maximum atomic E-state index is 6.49. The Kier molecular flexibility index (Phi) is 8.44. The molecule has 2 heterocycles. The summed E-state index contributed by atoms with van der Waals surface area (Å²) in [6.07, 6.45) is 1.87. The van der Waals surface area contributed by atoms with Crippen molar-refractivity contribution in [2.45, 2.75) is 44.2 Å². The van der Waals surface area contributed by atoms with Crippen LogP contribution in [0.1, 0.15) is 28.6 Å². The van der Waals surface area contributed by atoms with Crippen molar-refractivity contribution in [2.75, 3.05) is 6.61 Å². The number of nitrogens with zero attached hydrogens (tertiary/aromatic N) is 2. The number of benzene rings is 3. The summed E-state index contributed by atoms with van der Waals surface area (Å²) in [5.41, 5.74) is 3.27. The first-order valence-corrected chi connectivity index (χ1v) is 12.2. The van der Waals surface area contributed by atoms with E-state index in [0.29, 0.717) is 32.3 Å². The van der Waals surface area contributed by atoms with E-state index in [1.807, 2.05) is 91.0 Å². The van der Waals surface area contributed by atoms with E-state index in [4.69, 9.17) is 18.9 Å². The third-order valence-corrected chi connectivity index (χ3v) is 6.11. The molecule has 4 aromatic rings. The van der Waals surface area contributed by atoms with E-state index in [9.17, 15) is 0 Å². The normalized spacial score (nSPS) is 21.4. The zero-order valence-corrected chi connectivity index (χ0v) is 20.1. The summed E-state index contributed by atoms with van der Waals surface area (Å²) < 4.78 is 25.5. The summed E-state index contributed by atoms with van der Waals surface area (Å²) in [4.78, 5) is 8.94. The highest BCUT2D eigenvalue weighted by Gasteiger charge is 2.48. The van der Waals surface area contributed by atoms with Gasteiger partial charge >= 0.3 is 0 Å². The highest BCUT2D eigenvalue weighted by atomic mass is 16.6. The van der Waals surface area contributed by atoms with E-state index in [-0.39, 0.29) is 12.2 Å². The van der Waals surface area contributed by atoms with E-state index < -0.39 is 12.2 Å². The van der Waals surface area contributed by atoms with Crippen molar-refractivity contribution >= 4 is 0 Å². The Bertz CT molecular complexity index is 1160. The van der Waals surface area contributed by atoms with Crippen molar-refractivity contribution in [1.82, 2.24) is 9.97 Å². The molecular formula is C30H30N2O4. The standard InChI is InChI=1S/C30H30N2O4/c1-4-11-23(12-5-1)19-33-22-26-27(34-20-24-13-6-2-7-14-24)28(35-21-25-15-8-3-9-16-25)29(36-26)30-31-17-10-18-32-30/h1-18,26-29H,19-22H2/t26-,27-,28-,29+/m0/s1. The Morgan fingerprint density at radius 1 is 0.583 bits per heavy atom. The monoisotopic (exact) mass is 482 g/mol. The molecule has 6 nitrogen and oxygen atoms in total. The maximum absolute atomic E-state index is 6.49. The van der Waals surface area contributed by atoms with Crippen LogP contribution in [-0.4, -0.2) is 34.9 Å². The van der Waals surface area contributed by atoms with Crippen LogP contribution in [-0.2, 0) is 38.8 Å². The molecule has 0 saturated carbocycles. The summed E-state index contributed by atoms with van der Waals surface area (Å²) in [5.74, 6) is 0.578. The number of hydrogen-bond acceptors (Lipinski definition) is 6. The fourth-order valence-corrected chi connectivity index (χ4v) is 4.31. The minimum atomic E-state index is -0.471. The van der Waals surface area contributed by atoms with Crippen molar-refractivity contribution in [2.24, 2.45) is 0 Å². The Morgan fingerprint density at radius 2 is 1.08 bits per heavy atom. The molecule has 0 unspecified atom stereocenters. The lowest BCUT2D eigenvalue weighted by atomic mass is 10.1. The molecule has 1 aliphatic rings. The summed E-state index contributed by atoms with van der Waals surface area (Å²) in [7, 11) is 0. The minimum Gasteiger partial charge on any atom is -0.374 e. The highest BCUT2D eigenvalue weighted by Crippen LogP contribution is 2.37. The molecule has 36 heavy (non-hydrogen) atoms. The van der Waals surface area contributed by atoms with Crippen molar-refractivity contribution in [3.63, 3.8) is 0 Å². The van der Waals surface area contributed by atoms with Crippen LogP contribution in [0.5, 0.6) is 0 Å². The predicted molar refractivity (Wildman–Crippen MR) is 136 cm³/mol. The SMILES string of the molecule is c1ccc(COC[C@@H]2O[C@@H](c3ncccn3)[C@@H](OCc3ccccc3)[C@H]2OCc2ccccc2)cc1. The molecule has 5 rings (SSSR count). The zero-order chi connectivity index (χ0) is 24.4. The fraction of sp³-hybridized carbons (Fsp3) is 0.267. The summed E-state index contributed by atoms with van der Waals surface area (Å²) in [5, 5.41) is 0. The zero-order valence-electron chi connectivity index (χ0n) is 20.1. The van der Waals surface area contributed by atoms with Gasteiger partial charge in [0.1, 0.15) is 24.4 Å². The van der Waals surface area contributed by atoms with Gasteiger partial charge in [0.05, 0.1) is 26.4 Å². The summed E-state index contributed by atoms with van der Waals surface area (Å²) >= 11 is 0. The molecule has 6 heteroatoms. The van der Waals surface area contributed by atoms with Crippen LogP contribution in [0, 0.1) is 0 Å². The second-order valence-electron chi connectivity index (χ2n) is 8.73. The van der Waals surface area contributed by atoms with Crippen molar-refractivity contribution in [3.05, 3.63) is 132 Å². The van der Waals surface area contributed by atoms with Gasteiger partial charge in [-0.3, -0.25) is 0 Å². The van der Waals surface area contributed by atoms with Crippen LogP contribution < -0.4 is 0 Å². The van der Waals surface area contributed by atoms with Crippen LogP contribution in [0.15, 0.2) is 109 Å². The molecule has 1 saturated heterocycles. The molecule has 184 valence electrons. The molecule has 0 N–H and O–H groups in total. The van der Waals surface area contributed by atoms with Crippen molar-refractivity contribution in [3.8, 4) is 0 Å². The van der Waals surface area contributed by atoms with Crippen LogP contribution in [0.4, 0.5) is 0 Å². The molecule has 3 aromatic carbocycles. The minimum absolute atomic E-state index is 0.341. The van der Waals surface area contributed by atoms with Gasteiger partial charge in [0.2, 0.25) is 0 Å². The molecule has 0 amide bonds. The fourth-order valence-electron chi connectivity index (χ4n) is 4.31. The van der Waals surface area contributed by atoms with Gasteiger partial charge < -0.3 is 18.9 Å². The Labute approximate surface area is 211 Å². The van der Waals surface area contributed by atoms with E-state index in [2.05, 4.69) is 9.97 Å². The van der Waals surface area contributed by atoms with Crippen LogP contribution in [0.25, 0.3) is 0 Å². The smallest absolute Gasteiger partial charge is 0.159 e. The van der Waals surface area contributed by atoms with Gasteiger partial charge in [-0.1, -0.05) is 91.0 Å². The summed E-state index contributed by atoms with van der Waals surface area (Å²) in [6.45, 7) is 1.73. The topological polar surface area (TPSA) is 62.7 Å². The van der Waals surface area contributed by atoms with E-state index in [1.54, 1.807) is 18.5 Å². The van der Waals surface area contributed by atoms with Gasteiger partial charge in [-0.05, 0) is 22.8 Å². The molecule has 1 aliphatic heterocycles. The number of rotatable bonds is 11. The molecule has 4 atom stereocenters. The second kappa shape index (κ2) is 12.5. The van der Waals surface area contributed by atoms with Gasteiger partial charge in [-0.15, -0.1) is 0 Å². The molecule has 1 fully saturated rings. The Hall–Kier alpha value is -3.42. The van der Waals surface area contributed by atoms with Gasteiger partial charge in [0.25, 0.3) is 0 Å². The van der Waals surface area contributed by atoms with E-state index in [1.165, 1.54) is 0 Å². The average Bonchev–Trinajstić information content (AvgIpc) is 3.30. The van der Waals surface area contributed by atoms with Crippen molar-refractivity contribution in [1.29, 1.82) is 0 Å². The largest absolute Gasteiger partial charge is 0.374 e. The number of ether oxygens (including phenoxy) is 4. The summed E-state index contributed by atoms with van der Waals surface area (Å²) in [6, 6.07) is 32.1. The van der Waals surface area contributed by atoms with Crippen LogP contribution in [0.2, 0.25) is 0 Å². The van der Waals surface area contributed by atoms with Crippen LogP contribution >= 0.6 is 0 Å². The number of hydrogen-bond donors (Lipinski definition) is 0. The first-order valence-electron chi connectivity index (χ1n) is 12.2. The van der Waals surface area contributed by atoms with E-state index in [0.717, 1.165) is 16.7 Å². The third-order valence-electron chi connectivity index (χ3n) is 6.11. The second-order valence-corrected chi connectivity index (χ2v) is 8.73. The highest BCUT2D eigenvalue weighted by molar-refractivity contribution is 5.16. The lowest BCUT2D eigenvalue weighted by Crippen LogP contribution is -2.38. The lowest BCUT2D eigenvalue weighted by molar-refractivity contribution is -0.0899. The average molecular weight is 483 g/mol. The molecule has 0 spiro atoms. The van der Waals surface area contributed by atoms with Gasteiger partial charge in [0, 0.05) is 12.4 Å². The first-order chi connectivity index (χ1) is 17.9. The van der Waals surface area contributed by atoms with Gasteiger partial charge in [-0.25, -0.2) is 9.97 Å². The quantitative estimate of drug-likeness (QED) is 0.289. The lowest BCUT2D eigenvalue weighted by Gasteiger charge is -2.25. The third kappa shape index (κ3) is 6.42.